The van der Waals surface area contributed by atoms with Crippen LogP contribution in [0, 0.1) is 0 Å². The number of halogens is 1. The van der Waals surface area contributed by atoms with Crippen LogP contribution in [0.25, 0.3) is 6.08 Å². The van der Waals surface area contributed by atoms with Crippen LogP contribution in [0.2, 0.25) is 5.02 Å². The van der Waals surface area contributed by atoms with Gasteiger partial charge in [0.25, 0.3) is 5.91 Å². The fourth-order valence-corrected chi connectivity index (χ4v) is 2.86. The number of carbonyl (C=O) groups is 2. The van der Waals surface area contributed by atoms with E-state index in [9.17, 15) is 9.59 Å². The summed E-state index contributed by atoms with van der Waals surface area (Å²) in [5.74, 6) is -0.0579. The number of rotatable bonds is 6. The van der Waals surface area contributed by atoms with Gasteiger partial charge in [-0.25, -0.2) is 0 Å². The highest BCUT2D eigenvalue weighted by Gasteiger charge is 2.12. The number of hydrogen-bond donors (Lipinski definition) is 3. The van der Waals surface area contributed by atoms with Gasteiger partial charge in [-0.05, 0) is 60.3 Å². The third-order valence-corrected chi connectivity index (χ3v) is 4.41. The van der Waals surface area contributed by atoms with Crippen LogP contribution in [-0.2, 0) is 11.3 Å². The van der Waals surface area contributed by atoms with E-state index in [-0.39, 0.29) is 17.6 Å². The Bertz CT molecular complexity index is 1060. The fourth-order valence-electron chi connectivity index (χ4n) is 2.52. The Labute approximate surface area is 183 Å². The number of para-hydroxylation sites is 1. The molecule has 0 fully saturated rings. The van der Waals surface area contributed by atoms with E-state index in [0.717, 1.165) is 5.56 Å². The van der Waals surface area contributed by atoms with Crippen molar-refractivity contribution in [2.45, 2.75) is 6.54 Å². The Morgan fingerprint density at radius 2 is 1.80 bits per heavy atom. The minimum absolute atomic E-state index is 0.0760. The molecule has 0 saturated carbocycles. The van der Waals surface area contributed by atoms with E-state index in [1.54, 1.807) is 73.0 Å². The Morgan fingerprint density at radius 1 is 1.03 bits per heavy atom. The number of carbonyl (C=O) groups excluding carboxylic acids is 2. The van der Waals surface area contributed by atoms with E-state index in [2.05, 4.69) is 16.0 Å². The summed E-state index contributed by atoms with van der Waals surface area (Å²) in [7, 11) is 0. The molecule has 0 unspecified atom stereocenters. The second kappa shape index (κ2) is 10.4. The topological polar surface area (TPSA) is 83.4 Å². The number of thiocarbonyl (C=S) groups is 1. The summed E-state index contributed by atoms with van der Waals surface area (Å²) in [5, 5.41) is 8.91. The largest absolute Gasteiger partial charge is 0.467 e. The number of benzene rings is 2. The lowest BCUT2D eigenvalue weighted by Crippen LogP contribution is -2.33. The molecule has 0 saturated heterocycles. The maximum absolute atomic E-state index is 12.5. The summed E-state index contributed by atoms with van der Waals surface area (Å²) < 4.78 is 5.21. The molecule has 1 heterocycles. The SMILES string of the molecule is O=C(/C=C/c1ccc(Cl)cc1)NC(=S)Nc1ccccc1C(=O)NCc1ccco1. The second-order valence-electron chi connectivity index (χ2n) is 6.14. The first-order valence-corrected chi connectivity index (χ1v) is 9.75. The molecule has 3 rings (SSSR count). The van der Waals surface area contributed by atoms with Crippen LogP contribution in [0.15, 0.2) is 77.4 Å². The van der Waals surface area contributed by atoms with Gasteiger partial charge < -0.3 is 15.1 Å². The first-order chi connectivity index (χ1) is 14.5. The van der Waals surface area contributed by atoms with Crippen molar-refractivity contribution in [1.29, 1.82) is 0 Å². The number of amides is 2. The minimum Gasteiger partial charge on any atom is -0.467 e. The lowest BCUT2D eigenvalue weighted by Gasteiger charge is -2.12. The molecule has 0 aliphatic rings. The van der Waals surface area contributed by atoms with Crippen LogP contribution in [0.3, 0.4) is 0 Å². The zero-order valence-electron chi connectivity index (χ0n) is 15.7. The van der Waals surface area contributed by atoms with Gasteiger partial charge >= 0.3 is 0 Å². The predicted molar refractivity (Wildman–Crippen MR) is 121 cm³/mol. The van der Waals surface area contributed by atoms with Gasteiger partial charge in [0.1, 0.15) is 5.76 Å². The molecule has 0 atom stereocenters. The number of hydrogen-bond acceptors (Lipinski definition) is 4. The average molecular weight is 440 g/mol. The van der Waals surface area contributed by atoms with E-state index in [4.69, 9.17) is 28.2 Å². The first kappa shape index (κ1) is 21.3. The monoisotopic (exact) mass is 439 g/mol. The van der Waals surface area contributed by atoms with Crippen molar-refractivity contribution in [3.8, 4) is 0 Å². The Morgan fingerprint density at radius 3 is 2.53 bits per heavy atom. The van der Waals surface area contributed by atoms with E-state index in [1.807, 2.05) is 0 Å². The van der Waals surface area contributed by atoms with E-state index in [1.165, 1.54) is 6.08 Å². The van der Waals surface area contributed by atoms with Gasteiger partial charge in [0, 0.05) is 11.1 Å². The highest BCUT2D eigenvalue weighted by Crippen LogP contribution is 2.15. The number of furan rings is 1. The maximum Gasteiger partial charge on any atom is 0.253 e. The standard InChI is InChI=1S/C22H18ClN3O3S/c23-16-10-7-15(8-11-16)9-12-20(27)26-22(30)25-19-6-2-1-5-18(19)21(28)24-14-17-4-3-13-29-17/h1-13H,14H2,(H,24,28)(H2,25,26,27,30)/b12-9+. The molecule has 0 bridgehead atoms. The lowest BCUT2D eigenvalue weighted by atomic mass is 10.1. The summed E-state index contributed by atoms with van der Waals surface area (Å²) in [6.07, 6.45) is 4.54. The maximum atomic E-state index is 12.5. The average Bonchev–Trinajstić information content (AvgIpc) is 3.25. The van der Waals surface area contributed by atoms with E-state index < -0.39 is 5.91 Å². The highest BCUT2D eigenvalue weighted by molar-refractivity contribution is 7.80. The zero-order chi connectivity index (χ0) is 21.3. The third-order valence-electron chi connectivity index (χ3n) is 3.96. The smallest absolute Gasteiger partial charge is 0.253 e. The first-order valence-electron chi connectivity index (χ1n) is 8.96. The van der Waals surface area contributed by atoms with Crippen molar-refractivity contribution in [2.75, 3.05) is 5.32 Å². The van der Waals surface area contributed by atoms with Crippen molar-refractivity contribution < 1.29 is 14.0 Å². The predicted octanol–water partition coefficient (Wildman–Crippen LogP) is 4.39. The van der Waals surface area contributed by atoms with Gasteiger partial charge in [-0.15, -0.1) is 0 Å². The Kier molecular flexibility index (Phi) is 7.37. The van der Waals surface area contributed by atoms with Gasteiger partial charge in [-0.2, -0.15) is 0 Å². The molecule has 8 heteroatoms. The summed E-state index contributed by atoms with van der Waals surface area (Å²) >= 11 is 11.0. The van der Waals surface area contributed by atoms with Gasteiger partial charge in [0.05, 0.1) is 24.1 Å². The van der Waals surface area contributed by atoms with Gasteiger partial charge in [-0.3, -0.25) is 14.9 Å². The van der Waals surface area contributed by atoms with Crippen LogP contribution >= 0.6 is 23.8 Å². The second-order valence-corrected chi connectivity index (χ2v) is 6.98. The van der Waals surface area contributed by atoms with E-state index in [0.29, 0.717) is 22.0 Å². The molecule has 6 nitrogen and oxygen atoms in total. The van der Waals surface area contributed by atoms with Gasteiger partial charge in [-0.1, -0.05) is 35.9 Å². The molecular weight excluding hydrogens is 422 g/mol. The number of nitrogens with one attached hydrogen (secondary N) is 3. The lowest BCUT2D eigenvalue weighted by molar-refractivity contribution is -0.115. The van der Waals surface area contributed by atoms with Crippen LogP contribution < -0.4 is 16.0 Å². The van der Waals surface area contributed by atoms with Crippen molar-refractivity contribution in [2.24, 2.45) is 0 Å². The molecule has 152 valence electrons. The molecule has 2 amide bonds. The van der Waals surface area contributed by atoms with Crippen molar-refractivity contribution in [3.63, 3.8) is 0 Å². The molecule has 0 spiro atoms. The molecule has 1 aromatic heterocycles. The summed E-state index contributed by atoms with van der Waals surface area (Å²) in [6.45, 7) is 0.261. The summed E-state index contributed by atoms with van der Waals surface area (Å²) in [4.78, 5) is 24.6. The molecular formula is C22H18ClN3O3S. The normalized spacial score (nSPS) is 10.6. The molecule has 0 radical (unpaired) electrons. The van der Waals surface area contributed by atoms with Crippen LogP contribution in [0.1, 0.15) is 21.7 Å². The zero-order valence-corrected chi connectivity index (χ0v) is 17.3. The number of anilines is 1. The van der Waals surface area contributed by atoms with Crippen LogP contribution in [0.4, 0.5) is 5.69 Å². The molecule has 2 aromatic carbocycles. The quantitative estimate of drug-likeness (QED) is 0.392. The van der Waals surface area contributed by atoms with Crippen molar-refractivity contribution in [1.82, 2.24) is 10.6 Å². The minimum atomic E-state index is -0.401. The molecule has 0 aliphatic carbocycles. The molecule has 3 N–H and O–H groups in total. The summed E-state index contributed by atoms with van der Waals surface area (Å²) in [5.41, 5.74) is 1.69. The molecule has 3 aromatic rings. The van der Waals surface area contributed by atoms with Crippen LogP contribution in [-0.4, -0.2) is 16.9 Å². The fraction of sp³-hybridized carbons (Fsp3) is 0.0455. The molecule has 30 heavy (non-hydrogen) atoms. The van der Waals surface area contributed by atoms with Crippen molar-refractivity contribution >= 4 is 52.5 Å². The third kappa shape index (κ3) is 6.30. The van der Waals surface area contributed by atoms with E-state index >= 15 is 0 Å². The van der Waals surface area contributed by atoms with Gasteiger partial charge in [0.15, 0.2) is 5.11 Å². The highest BCUT2D eigenvalue weighted by atomic mass is 35.5. The molecule has 0 aliphatic heterocycles. The van der Waals surface area contributed by atoms with Crippen molar-refractivity contribution in [3.05, 3.63) is 94.9 Å². The Hall–Kier alpha value is -3.42. The van der Waals surface area contributed by atoms with Gasteiger partial charge in [0.2, 0.25) is 5.91 Å². The Balaban J connectivity index is 1.57. The van der Waals surface area contributed by atoms with Crippen LogP contribution in [0.5, 0.6) is 0 Å². The summed E-state index contributed by atoms with van der Waals surface area (Å²) in [6, 6.07) is 17.4.